The Kier molecular flexibility index (Phi) is 3.08. The van der Waals surface area contributed by atoms with Crippen molar-refractivity contribution in [1.82, 2.24) is 4.98 Å². The SMILES string of the molecule is Cc1cc(C#CCC(N)=O)ncc1N. The summed E-state index contributed by atoms with van der Waals surface area (Å²) in [7, 11) is 0. The molecule has 0 saturated heterocycles. The molecule has 1 rings (SSSR count). The number of pyridine rings is 1. The molecule has 4 heteroatoms. The lowest BCUT2D eigenvalue weighted by Crippen LogP contribution is -2.08. The summed E-state index contributed by atoms with van der Waals surface area (Å²) in [5, 5.41) is 0. The summed E-state index contributed by atoms with van der Waals surface area (Å²) in [4.78, 5) is 14.4. The van der Waals surface area contributed by atoms with Gasteiger partial charge in [-0.25, -0.2) is 4.98 Å². The number of nitrogens with zero attached hydrogens (tertiary/aromatic N) is 1. The van der Waals surface area contributed by atoms with Crippen molar-refractivity contribution in [2.45, 2.75) is 13.3 Å². The molecule has 0 aliphatic rings. The zero-order valence-electron chi connectivity index (χ0n) is 7.87. The molecular weight excluding hydrogens is 178 g/mol. The summed E-state index contributed by atoms with van der Waals surface area (Å²) in [5.74, 6) is 4.91. The van der Waals surface area contributed by atoms with Crippen molar-refractivity contribution >= 4 is 11.6 Å². The maximum Gasteiger partial charge on any atom is 0.229 e. The topological polar surface area (TPSA) is 82.0 Å². The van der Waals surface area contributed by atoms with Crippen LogP contribution in [0.15, 0.2) is 12.3 Å². The van der Waals surface area contributed by atoms with E-state index in [2.05, 4.69) is 16.8 Å². The zero-order valence-corrected chi connectivity index (χ0v) is 7.87. The molecule has 0 saturated carbocycles. The van der Waals surface area contributed by atoms with E-state index in [-0.39, 0.29) is 6.42 Å². The van der Waals surface area contributed by atoms with Gasteiger partial charge in [-0.05, 0) is 24.5 Å². The smallest absolute Gasteiger partial charge is 0.229 e. The normalized spacial score (nSPS) is 8.93. The van der Waals surface area contributed by atoms with E-state index in [4.69, 9.17) is 11.5 Å². The van der Waals surface area contributed by atoms with Crippen LogP contribution in [0.4, 0.5) is 5.69 Å². The highest BCUT2D eigenvalue weighted by Gasteiger charge is 1.94. The number of hydrogen-bond acceptors (Lipinski definition) is 3. The summed E-state index contributed by atoms with van der Waals surface area (Å²) < 4.78 is 0. The van der Waals surface area contributed by atoms with Gasteiger partial charge in [-0.3, -0.25) is 4.79 Å². The van der Waals surface area contributed by atoms with Crippen LogP contribution < -0.4 is 11.5 Å². The van der Waals surface area contributed by atoms with Crippen molar-refractivity contribution in [1.29, 1.82) is 0 Å². The highest BCUT2D eigenvalue weighted by molar-refractivity contribution is 5.76. The van der Waals surface area contributed by atoms with Crippen LogP contribution in [0.1, 0.15) is 17.7 Å². The van der Waals surface area contributed by atoms with Crippen molar-refractivity contribution in [2.24, 2.45) is 5.73 Å². The van der Waals surface area contributed by atoms with E-state index in [1.165, 1.54) is 0 Å². The first kappa shape index (κ1) is 10.1. The minimum atomic E-state index is -0.440. The summed E-state index contributed by atoms with van der Waals surface area (Å²) >= 11 is 0. The molecule has 0 radical (unpaired) electrons. The molecule has 72 valence electrons. The first-order valence-corrected chi connectivity index (χ1v) is 4.09. The average Bonchev–Trinajstić information content (AvgIpc) is 2.10. The molecule has 14 heavy (non-hydrogen) atoms. The predicted molar refractivity (Wildman–Crippen MR) is 54.1 cm³/mol. The van der Waals surface area contributed by atoms with Gasteiger partial charge in [-0.1, -0.05) is 5.92 Å². The lowest BCUT2D eigenvalue weighted by molar-refractivity contribution is -0.117. The Labute approximate surface area is 82.3 Å². The van der Waals surface area contributed by atoms with Gasteiger partial charge in [-0.15, -0.1) is 0 Å². The fourth-order valence-corrected chi connectivity index (χ4v) is 0.857. The monoisotopic (exact) mass is 189 g/mol. The fourth-order valence-electron chi connectivity index (χ4n) is 0.857. The molecule has 4 nitrogen and oxygen atoms in total. The van der Waals surface area contributed by atoms with Gasteiger partial charge >= 0.3 is 0 Å². The van der Waals surface area contributed by atoms with Crippen molar-refractivity contribution < 1.29 is 4.79 Å². The second-order valence-electron chi connectivity index (χ2n) is 2.87. The maximum atomic E-state index is 10.4. The number of primary amides is 1. The van der Waals surface area contributed by atoms with Crippen molar-refractivity contribution in [3.05, 3.63) is 23.5 Å². The van der Waals surface area contributed by atoms with Gasteiger partial charge in [0.25, 0.3) is 0 Å². The van der Waals surface area contributed by atoms with Crippen molar-refractivity contribution in [3.8, 4) is 11.8 Å². The van der Waals surface area contributed by atoms with E-state index in [1.54, 1.807) is 12.3 Å². The van der Waals surface area contributed by atoms with E-state index < -0.39 is 5.91 Å². The van der Waals surface area contributed by atoms with E-state index in [1.807, 2.05) is 6.92 Å². The second kappa shape index (κ2) is 4.28. The van der Waals surface area contributed by atoms with E-state index in [0.29, 0.717) is 11.4 Å². The Morgan fingerprint density at radius 3 is 2.93 bits per heavy atom. The molecule has 1 aromatic rings. The highest BCUT2D eigenvalue weighted by Crippen LogP contribution is 2.08. The van der Waals surface area contributed by atoms with Crippen molar-refractivity contribution in [3.63, 3.8) is 0 Å². The van der Waals surface area contributed by atoms with E-state index in [9.17, 15) is 4.79 Å². The Morgan fingerprint density at radius 1 is 1.64 bits per heavy atom. The minimum absolute atomic E-state index is 0.0467. The van der Waals surface area contributed by atoms with Gasteiger partial charge in [0.1, 0.15) is 5.69 Å². The number of anilines is 1. The van der Waals surface area contributed by atoms with Crippen LogP contribution in [-0.2, 0) is 4.79 Å². The van der Waals surface area contributed by atoms with Crippen LogP contribution in [0.3, 0.4) is 0 Å². The van der Waals surface area contributed by atoms with Gasteiger partial charge in [0, 0.05) is 0 Å². The molecule has 0 fully saturated rings. The maximum absolute atomic E-state index is 10.4. The lowest BCUT2D eigenvalue weighted by Gasteiger charge is -1.97. The number of aromatic nitrogens is 1. The van der Waals surface area contributed by atoms with Crippen LogP contribution in [0.25, 0.3) is 0 Å². The van der Waals surface area contributed by atoms with Crippen LogP contribution in [0.2, 0.25) is 0 Å². The summed E-state index contributed by atoms with van der Waals surface area (Å²) in [6.07, 6.45) is 1.59. The molecule has 0 aromatic carbocycles. The quantitative estimate of drug-likeness (QED) is 0.619. The Hall–Kier alpha value is -2.02. The number of rotatable bonds is 1. The van der Waals surface area contributed by atoms with E-state index >= 15 is 0 Å². The van der Waals surface area contributed by atoms with Crippen LogP contribution in [0.5, 0.6) is 0 Å². The third-order valence-electron chi connectivity index (χ3n) is 1.63. The first-order valence-electron chi connectivity index (χ1n) is 4.09. The largest absolute Gasteiger partial charge is 0.397 e. The number of carbonyl (C=O) groups is 1. The van der Waals surface area contributed by atoms with E-state index in [0.717, 1.165) is 5.56 Å². The van der Waals surface area contributed by atoms with Crippen LogP contribution in [0, 0.1) is 18.8 Å². The molecule has 4 N–H and O–H groups in total. The number of hydrogen-bond donors (Lipinski definition) is 2. The summed E-state index contributed by atoms with van der Waals surface area (Å²) in [6.45, 7) is 1.87. The number of nitrogen functional groups attached to an aromatic ring is 1. The molecule has 1 heterocycles. The third-order valence-corrected chi connectivity index (χ3v) is 1.63. The van der Waals surface area contributed by atoms with Gasteiger partial charge < -0.3 is 11.5 Å². The third kappa shape index (κ3) is 2.79. The molecule has 1 aromatic heterocycles. The standard InChI is InChI=1S/C10H11N3O/c1-7-5-8(13-6-9(7)11)3-2-4-10(12)14/h5-6H,4,11H2,1H3,(H2,12,14). The first-order chi connectivity index (χ1) is 6.59. The highest BCUT2D eigenvalue weighted by atomic mass is 16.1. The molecule has 0 spiro atoms. The molecule has 1 amide bonds. The molecule has 0 aliphatic carbocycles. The average molecular weight is 189 g/mol. The number of carbonyl (C=O) groups excluding carboxylic acids is 1. The Morgan fingerprint density at radius 2 is 2.36 bits per heavy atom. The zero-order chi connectivity index (χ0) is 10.6. The molecule has 0 atom stereocenters. The fraction of sp³-hybridized carbons (Fsp3) is 0.200. The summed E-state index contributed by atoms with van der Waals surface area (Å²) in [5.41, 5.74) is 12.7. The molecule has 0 aliphatic heterocycles. The van der Waals surface area contributed by atoms with Gasteiger partial charge in [-0.2, -0.15) is 0 Å². The number of aryl methyl sites for hydroxylation is 1. The predicted octanol–water partition coefficient (Wildman–Crippen LogP) is 0.199. The molecule has 0 unspecified atom stereocenters. The Bertz CT molecular complexity index is 415. The van der Waals surface area contributed by atoms with Crippen LogP contribution >= 0.6 is 0 Å². The van der Waals surface area contributed by atoms with Crippen molar-refractivity contribution in [2.75, 3.05) is 5.73 Å². The molecule has 0 bridgehead atoms. The van der Waals surface area contributed by atoms with Gasteiger partial charge in [0.15, 0.2) is 0 Å². The van der Waals surface area contributed by atoms with Gasteiger partial charge in [0.2, 0.25) is 5.91 Å². The second-order valence-corrected chi connectivity index (χ2v) is 2.87. The van der Waals surface area contributed by atoms with Crippen LogP contribution in [-0.4, -0.2) is 10.9 Å². The number of nitrogens with two attached hydrogens (primary N) is 2. The lowest BCUT2D eigenvalue weighted by atomic mass is 10.2. The summed E-state index contributed by atoms with van der Waals surface area (Å²) in [6, 6.07) is 1.77. The Balaban J connectivity index is 2.81. The minimum Gasteiger partial charge on any atom is -0.397 e. The molecular formula is C10H11N3O. The van der Waals surface area contributed by atoms with Gasteiger partial charge in [0.05, 0.1) is 18.3 Å². The number of amides is 1.